The number of thiazole rings is 1. The molecular formula is C18H26BrIN4S. The Labute approximate surface area is 180 Å². The Balaban J connectivity index is 0.00000312. The Morgan fingerprint density at radius 2 is 2.08 bits per heavy atom. The number of aryl methyl sites for hydroxylation is 1. The minimum absolute atomic E-state index is 0. The first-order chi connectivity index (χ1) is 11.4. The molecule has 0 spiro atoms. The topological polar surface area (TPSA) is 49.3 Å². The molecule has 0 saturated carbocycles. The average molecular weight is 537 g/mol. The van der Waals surface area contributed by atoms with E-state index in [1.165, 1.54) is 10.4 Å². The fourth-order valence-corrected chi connectivity index (χ4v) is 3.53. The number of hydrogen-bond acceptors (Lipinski definition) is 3. The van der Waals surface area contributed by atoms with Crippen LogP contribution in [0.25, 0.3) is 0 Å². The maximum absolute atomic E-state index is 4.39. The van der Waals surface area contributed by atoms with Gasteiger partial charge in [0, 0.05) is 47.5 Å². The standard InChI is InChI=1S/C18H25BrN4S.HI/c1-13-11-22-16(24-13)8-9-21-17(20-4)23-12-18(2,3)14-6-5-7-15(19)10-14;/h5-7,10-11H,8-9,12H2,1-4H3,(H2,20,21,23);1H. The number of aliphatic imine (C=N–C) groups is 1. The minimum atomic E-state index is 0. The fraction of sp³-hybridized carbons (Fsp3) is 0.444. The summed E-state index contributed by atoms with van der Waals surface area (Å²) in [5.41, 5.74) is 1.30. The van der Waals surface area contributed by atoms with Crippen molar-refractivity contribution in [2.75, 3.05) is 20.1 Å². The molecule has 0 amide bonds. The van der Waals surface area contributed by atoms with Gasteiger partial charge in [-0.3, -0.25) is 4.99 Å². The molecule has 4 nitrogen and oxygen atoms in total. The van der Waals surface area contributed by atoms with Gasteiger partial charge >= 0.3 is 0 Å². The van der Waals surface area contributed by atoms with Gasteiger partial charge in [0.2, 0.25) is 0 Å². The number of nitrogens with one attached hydrogen (secondary N) is 2. The first-order valence-corrected chi connectivity index (χ1v) is 9.63. The van der Waals surface area contributed by atoms with Gasteiger partial charge in [-0.15, -0.1) is 35.3 Å². The molecule has 0 saturated heterocycles. The lowest BCUT2D eigenvalue weighted by Gasteiger charge is -2.27. The molecule has 2 aromatic rings. The summed E-state index contributed by atoms with van der Waals surface area (Å²) < 4.78 is 1.11. The molecule has 2 N–H and O–H groups in total. The highest BCUT2D eigenvalue weighted by Gasteiger charge is 2.21. The third-order valence-electron chi connectivity index (χ3n) is 3.83. The first-order valence-electron chi connectivity index (χ1n) is 8.02. The van der Waals surface area contributed by atoms with Crippen molar-refractivity contribution < 1.29 is 0 Å². The highest BCUT2D eigenvalue weighted by molar-refractivity contribution is 14.0. The lowest BCUT2D eigenvalue weighted by molar-refractivity contribution is 0.508. The summed E-state index contributed by atoms with van der Waals surface area (Å²) in [6.45, 7) is 8.17. The van der Waals surface area contributed by atoms with E-state index in [-0.39, 0.29) is 29.4 Å². The van der Waals surface area contributed by atoms with Gasteiger partial charge in [0.1, 0.15) is 0 Å². The van der Waals surface area contributed by atoms with E-state index in [1.807, 2.05) is 12.3 Å². The van der Waals surface area contributed by atoms with Crippen LogP contribution >= 0.6 is 51.2 Å². The summed E-state index contributed by atoms with van der Waals surface area (Å²) in [4.78, 5) is 9.95. The molecule has 0 aliphatic heterocycles. The van der Waals surface area contributed by atoms with Crippen molar-refractivity contribution in [3.63, 3.8) is 0 Å². The molecular weight excluding hydrogens is 511 g/mol. The predicted octanol–water partition coefficient (Wildman–Crippen LogP) is 4.52. The second-order valence-electron chi connectivity index (χ2n) is 6.36. The molecule has 7 heteroatoms. The lowest BCUT2D eigenvalue weighted by atomic mass is 9.85. The quantitative estimate of drug-likeness (QED) is 0.324. The lowest BCUT2D eigenvalue weighted by Crippen LogP contribution is -2.44. The number of guanidine groups is 1. The van der Waals surface area contributed by atoms with Gasteiger partial charge < -0.3 is 10.6 Å². The molecule has 0 atom stereocenters. The second-order valence-corrected chi connectivity index (χ2v) is 8.60. The molecule has 2 rings (SSSR count). The zero-order valence-electron chi connectivity index (χ0n) is 15.1. The highest BCUT2D eigenvalue weighted by Crippen LogP contribution is 2.25. The largest absolute Gasteiger partial charge is 0.356 e. The molecule has 0 aliphatic carbocycles. The van der Waals surface area contributed by atoms with Crippen LogP contribution in [-0.2, 0) is 11.8 Å². The smallest absolute Gasteiger partial charge is 0.191 e. The molecule has 0 aliphatic rings. The van der Waals surface area contributed by atoms with Gasteiger partial charge in [-0.05, 0) is 24.6 Å². The van der Waals surface area contributed by atoms with Gasteiger partial charge in [-0.25, -0.2) is 4.98 Å². The molecule has 0 radical (unpaired) electrons. The number of aromatic nitrogens is 1. The first kappa shape index (κ1) is 22.4. The molecule has 0 unspecified atom stereocenters. The van der Waals surface area contributed by atoms with E-state index < -0.39 is 0 Å². The third-order valence-corrected chi connectivity index (χ3v) is 5.29. The summed E-state index contributed by atoms with van der Waals surface area (Å²) in [5.74, 6) is 0.825. The van der Waals surface area contributed by atoms with Gasteiger partial charge in [0.05, 0.1) is 5.01 Å². The van der Waals surface area contributed by atoms with Crippen LogP contribution in [0, 0.1) is 6.92 Å². The highest BCUT2D eigenvalue weighted by atomic mass is 127. The van der Waals surface area contributed by atoms with E-state index in [1.54, 1.807) is 18.4 Å². The van der Waals surface area contributed by atoms with E-state index in [4.69, 9.17) is 0 Å². The molecule has 0 fully saturated rings. The normalized spacial score (nSPS) is 11.8. The van der Waals surface area contributed by atoms with Crippen molar-refractivity contribution in [2.24, 2.45) is 4.99 Å². The Kier molecular flexibility index (Phi) is 9.37. The monoisotopic (exact) mass is 536 g/mol. The third kappa shape index (κ3) is 7.22. The van der Waals surface area contributed by atoms with Gasteiger partial charge in [0.15, 0.2) is 5.96 Å². The zero-order chi connectivity index (χ0) is 17.6. The minimum Gasteiger partial charge on any atom is -0.356 e. The summed E-state index contributed by atoms with van der Waals surface area (Å²) >= 11 is 5.29. The second kappa shape index (κ2) is 10.5. The number of rotatable bonds is 6. The van der Waals surface area contributed by atoms with E-state index in [9.17, 15) is 0 Å². The van der Waals surface area contributed by atoms with E-state index in [0.29, 0.717) is 0 Å². The van der Waals surface area contributed by atoms with Crippen molar-refractivity contribution in [1.29, 1.82) is 0 Å². The maximum Gasteiger partial charge on any atom is 0.191 e. The molecule has 138 valence electrons. The summed E-state index contributed by atoms with van der Waals surface area (Å²) in [7, 11) is 1.80. The van der Waals surface area contributed by atoms with Crippen LogP contribution in [0.2, 0.25) is 0 Å². The molecule has 1 aromatic heterocycles. The van der Waals surface area contributed by atoms with E-state index in [2.05, 4.69) is 75.5 Å². The van der Waals surface area contributed by atoms with Crippen LogP contribution < -0.4 is 10.6 Å². The van der Waals surface area contributed by atoms with Crippen LogP contribution in [-0.4, -0.2) is 31.1 Å². The summed E-state index contributed by atoms with van der Waals surface area (Å²) in [6.07, 6.45) is 2.84. The number of halogens is 2. The maximum atomic E-state index is 4.39. The predicted molar refractivity (Wildman–Crippen MR) is 123 cm³/mol. The van der Waals surface area contributed by atoms with Crippen LogP contribution in [0.15, 0.2) is 39.9 Å². The van der Waals surface area contributed by atoms with E-state index in [0.717, 1.165) is 35.0 Å². The van der Waals surface area contributed by atoms with Crippen LogP contribution in [0.3, 0.4) is 0 Å². The summed E-state index contributed by atoms with van der Waals surface area (Å²) in [5, 5.41) is 7.94. The van der Waals surface area contributed by atoms with Crippen LogP contribution in [0.4, 0.5) is 0 Å². The SMILES string of the molecule is CN=C(NCCc1ncc(C)s1)NCC(C)(C)c1cccc(Br)c1.I. The van der Waals surface area contributed by atoms with E-state index >= 15 is 0 Å². The van der Waals surface area contributed by atoms with Gasteiger partial charge in [0.25, 0.3) is 0 Å². The number of hydrogen-bond donors (Lipinski definition) is 2. The zero-order valence-corrected chi connectivity index (χ0v) is 19.8. The number of benzene rings is 1. The van der Waals surface area contributed by atoms with Crippen molar-refractivity contribution in [3.05, 3.63) is 50.4 Å². The van der Waals surface area contributed by atoms with Crippen molar-refractivity contribution in [1.82, 2.24) is 15.6 Å². The van der Waals surface area contributed by atoms with Crippen molar-refractivity contribution >= 4 is 57.2 Å². The average Bonchev–Trinajstić information content (AvgIpc) is 2.96. The van der Waals surface area contributed by atoms with Gasteiger partial charge in [-0.1, -0.05) is 41.9 Å². The Hall–Kier alpha value is -0.670. The van der Waals surface area contributed by atoms with Gasteiger partial charge in [-0.2, -0.15) is 0 Å². The number of nitrogens with zero attached hydrogens (tertiary/aromatic N) is 2. The van der Waals surface area contributed by atoms with Crippen LogP contribution in [0.1, 0.15) is 29.3 Å². The molecule has 0 bridgehead atoms. The Bertz CT molecular complexity index is 700. The molecule has 1 heterocycles. The van der Waals surface area contributed by atoms with Crippen molar-refractivity contribution in [3.8, 4) is 0 Å². The molecule has 1 aromatic carbocycles. The van der Waals surface area contributed by atoms with Crippen LogP contribution in [0.5, 0.6) is 0 Å². The molecule has 25 heavy (non-hydrogen) atoms. The summed E-state index contributed by atoms with van der Waals surface area (Å²) in [6, 6.07) is 8.45. The fourth-order valence-electron chi connectivity index (χ4n) is 2.34. The Morgan fingerprint density at radius 3 is 2.68 bits per heavy atom. The van der Waals surface area contributed by atoms with Crippen molar-refractivity contribution in [2.45, 2.75) is 32.6 Å². The Morgan fingerprint density at radius 1 is 1.32 bits per heavy atom.